The van der Waals surface area contributed by atoms with E-state index < -0.39 is 0 Å². The zero-order chi connectivity index (χ0) is 13.4. The molecule has 0 saturated carbocycles. The van der Waals surface area contributed by atoms with Gasteiger partial charge in [-0.15, -0.1) is 0 Å². The second-order valence-corrected chi connectivity index (χ2v) is 3.63. The normalized spacial score (nSPS) is 9.67. The van der Waals surface area contributed by atoms with Crippen LogP contribution in [-0.4, -0.2) is 36.9 Å². The van der Waals surface area contributed by atoms with Crippen LogP contribution in [0.3, 0.4) is 0 Å². The van der Waals surface area contributed by atoms with Crippen LogP contribution < -0.4 is 16.0 Å². The van der Waals surface area contributed by atoms with Crippen molar-refractivity contribution in [2.45, 2.75) is 13.3 Å². The van der Waals surface area contributed by atoms with Crippen LogP contribution in [-0.2, 0) is 4.79 Å². The maximum atomic E-state index is 11.9. The Morgan fingerprint density at radius 3 is 2.78 bits per heavy atom. The Balaban J connectivity index is 2.48. The summed E-state index contributed by atoms with van der Waals surface area (Å²) < 4.78 is 0. The fraction of sp³-hybridized carbons (Fsp3) is 0.417. The molecule has 0 aromatic carbocycles. The maximum absolute atomic E-state index is 11.9. The zero-order valence-corrected chi connectivity index (χ0v) is 10.6. The third-order valence-corrected chi connectivity index (χ3v) is 2.35. The number of pyridine rings is 1. The minimum atomic E-state index is -0.217. The molecule has 6 heteroatoms. The van der Waals surface area contributed by atoms with Crippen LogP contribution in [0, 0.1) is 0 Å². The summed E-state index contributed by atoms with van der Waals surface area (Å²) >= 11 is 0. The van der Waals surface area contributed by atoms with Gasteiger partial charge >= 0.3 is 0 Å². The Morgan fingerprint density at radius 2 is 2.11 bits per heavy atom. The van der Waals surface area contributed by atoms with Crippen molar-refractivity contribution < 1.29 is 9.59 Å². The Morgan fingerprint density at radius 1 is 1.33 bits per heavy atom. The number of carbonyl (C=O) groups is 2. The summed E-state index contributed by atoms with van der Waals surface area (Å²) in [5, 5.41) is 8.26. The number of hydrogen-bond acceptors (Lipinski definition) is 4. The summed E-state index contributed by atoms with van der Waals surface area (Å²) in [5.41, 5.74) is 1.18. The first-order chi connectivity index (χ1) is 8.69. The number of aromatic nitrogens is 1. The standard InChI is InChI=1S/C12H18N4O2/c1-3-15-11(17)5-7-16-12(18)9-4-6-14-8-10(9)13-2/h4,6,8,13H,3,5,7H2,1-2H3,(H,15,17)(H,16,18). The number of anilines is 1. The first kappa shape index (κ1) is 14.0. The molecule has 18 heavy (non-hydrogen) atoms. The predicted molar refractivity (Wildman–Crippen MR) is 69.4 cm³/mol. The first-order valence-corrected chi connectivity index (χ1v) is 5.85. The van der Waals surface area contributed by atoms with Gasteiger partial charge in [-0.3, -0.25) is 14.6 Å². The van der Waals surface area contributed by atoms with E-state index in [4.69, 9.17) is 0 Å². The molecule has 0 aliphatic heterocycles. The molecule has 0 atom stereocenters. The first-order valence-electron chi connectivity index (χ1n) is 5.85. The summed E-state index contributed by atoms with van der Waals surface area (Å²) in [6, 6.07) is 1.63. The summed E-state index contributed by atoms with van der Waals surface area (Å²) in [7, 11) is 1.72. The number of nitrogens with one attached hydrogen (secondary N) is 3. The van der Waals surface area contributed by atoms with Gasteiger partial charge in [0.1, 0.15) is 0 Å². The van der Waals surface area contributed by atoms with E-state index in [1.54, 1.807) is 25.5 Å². The van der Waals surface area contributed by atoms with Gasteiger partial charge in [0.25, 0.3) is 5.91 Å². The fourth-order valence-corrected chi connectivity index (χ4v) is 1.46. The van der Waals surface area contributed by atoms with Gasteiger partial charge in [-0.2, -0.15) is 0 Å². The molecule has 1 heterocycles. The van der Waals surface area contributed by atoms with Crippen LogP contribution in [0.25, 0.3) is 0 Å². The molecular weight excluding hydrogens is 232 g/mol. The van der Waals surface area contributed by atoms with Crippen molar-refractivity contribution in [3.63, 3.8) is 0 Å². The fourth-order valence-electron chi connectivity index (χ4n) is 1.46. The molecule has 2 amide bonds. The topological polar surface area (TPSA) is 83.1 Å². The maximum Gasteiger partial charge on any atom is 0.253 e. The minimum absolute atomic E-state index is 0.0682. The highest BCUT2D eigenvalue weighted by molar-refractivity contribution is 5.99. The van der Waals surface area contributed by atoms with Gasteiger partial charge < -0.3 is 16.0 Å². The summed E-state index contributed by atoms with van der Waals surface area (Å²) in [4.78, 5) is 27.0. The van der Waals surface area contributed by atoms with Gasteiger partial charge in [0, 0.05) is 32.8 Å². The van der Waals surface area contributed by atoms with E-state index in [2.05, 4.69) is 20.9 Å². The lowest BCUT2D eigenvalue weighted by Gasteiger charge is -2.09. The number of amides is 2. The van der Waals surface area contributed by atoms with Crippen LogP contribution in [0.4, 0.5) is 5.69 Å². The van der Waals surface area contributed by atoms with Crippen molar-refractivity contribution in [3.05, 3.63) is 24.0 Å². The van der Waals surface area contributed by atoms with E-state index in [0.717, 1.165) is 0 Å². The molecule has 1 rings (SSSR count). The highest BCUT2D eigenvalue weighted by Crippen LogP contribution is 2.11. The van der Waals surface area contributed by atoms with Crippen molar-refractivity contribution in [2.24, 2.45) is 0 Å². The van der Waals surface area contributed by atoms with E-state index in [0.29, 0.717) is 24.3 Å². The van der Waals surface area contributed by atoms with Crippen molar-refractivity contribution in [2.75, 3.05) is 25.5 Å². The number of hydrogen-bond donors (Lipinski definition) is 3. The molecule has 3 N–H and O–H groups in total. The van der Waals surface area contributed by atoms with Gasteiger partial charge in [0.15, 0.2) is 0 Å². The Labute approximate surface area is 106 Å². The Hall–Kier alpha value is -2.11. The third-order valence-electron chi connectivity index (χ3n) is 2.35. The Bertz CT molecular complexity index is 420. The van der Waals surface area contributed by atoms with Gasteiger partial charge in [-0.05, 0) is 13.0 Å². The quantitative estimate of drug-likeness (QED) is 0.681. The lowest BCUT2D eigenvalue weighted by molar-refractivity contribution is -0.120. The molecule has 0 saturated heterocycles. The molecule has 0 unspecified atom stereocenters. The zero-order valence-electron chi connectivity index (χ0n) is 10.6. The summed E-state index contributed by atoms with van der Waals surface area (Å²) in [5.74, 6) is -0.285. The number of rotatable bonds is 6. The van der Waals surface area contributed by atoms with E-state index in [1.165, 1.54) is 0 Å². The van der Waals surface area contributed by atoms with Crippen molar-refractivity contribution in [1.29, 1.82) is 0 Å². The van der Waals surface area contributed by atoms with E-state index >= 15 is 0 Å². The second-order valence-electron chi connectivity index (χ2n) is 3.63. The lowest BCUT2D eigenvalue weighted by atomic mass is 10.2. The van der Waals surface area contributed by atoms with Gasteiger partial charge in [0.2, 0.25) is 5.91 Å². The smallest absolute Gasteiger partial charge is 0.253 e. The van der Waals surface area contributed by atoms with Crippen LogP contribution in [0.1, 0.15) is 23.7 Å². The molecule has 0 bridgehead atoms. The number of carbonyl (C=O) groups excluding carboxylic acids is 2. The van der Waals surface area contributed by atoms with Crippen LogP contribution in [0.5, 0.6) is 0 Å². The van der Waals surface area contributed by atoms with Crippen molar-refractivity contribution >= 4 is 17.5 Å². The van der Waals surface area contributed by atoms with Crippen LogP contribution in [0.2, 0.25) is 0 Å². The van der Waals surface area contributed by atoms with Crippen molar-refractivity contribution in [1.82, 2.24) is 15.6 Å². The lowest BCUT2D eigenvalue weighted by Crippen LogP contribution is -2.30. The minimum Gasteiger partial charge on any atom is -0.386 e. The van der Waals surface area contributed by atoms with Crippen LogP contribution in [0.15, 0.2) is 18.5 Å². The highest BCUT2D eigenvalue weighted by atomic mass is 16.2. The molecule has 0 spiro atoms. The highest BCUT2D eigenvalue weighted by Gasteiger charge is 2.10. The molecule has 1 aromatic rings. The van der Waals surface area contributed by atoms with Gasteiger partial charge in [0.05, 0.1) is 17.4 Å². The molecular formula is C12H18N4O2. The summed E-state index contributed by atoms with van der Waals surface area (Å²) in [6.45, 7) is 2.77. The number of nitrogens with zero attached hydrogens (tertiary/aromatic N) is 1. The van der Waals surface area contributed by atoms with E-state index in [1.807, 2.05) is 6.92 Å². The van der Waals surface area contributed by atoms with Gasteiger partial charge in [-0.1, -0.05) is 0 Å². The molecule has 98 valence electrons. The summed E-state index contributed by atoms with van der Waals surface area (Å²) in [6.07, 6.45) is 3.41. The van der Waals surface area contributed by atoms with Crippen LogP contribution >= 0.6 is 0 Å². The molecule has 0 aliphatic rings. The van der Waals surface area contributed by atoms with E-state index in [9.17, 15) is 9.59 Å². The molecule has 0 radical (unpaired) electrons. The van der Waals surface area contributed by atoms with Crippen molar-refractivity contribution in [3.8, 4) is 0 Å². The molecule has 1 aromatic heterocycles. The monoisotopic (exact) mass is 250 g/mol. The average molecular weight is 250 g/mol. The second kappa shape index (κ2) is 7.26. The molecule has 0 aliphatic carbocycles. The van der Waals surface area contributed by atoms with Gasteiger partial charge in [-0.25, -0.2) is 0 Å². The SMILES string of the molecule is CCNC(=O)CCNC(=O)c1ccncc1NC. The molecule has 6 nitrogen and oxygen atoms in total. The largest absolute Gasteiger partial charge is 0.386 e. The third kappa shape index (κ3) is 4.04. The average Bonchev–Trinajstić information content (AvgIpc) is 2.38. The molecule has 0 fully saturated rings. The Kier molecular flexibility index (Phi) is 5.63. The predicted octanol–water partition coefficient (Wildman–Crippen LogP) is 0.379. The van der Waals surface area contributed by atoms with E-state index in [-0.39, 0.29) is 18.2 Å².